The highest BCUT2D eigenvalue weighted by Crippen LogP contribution is 2.35. The molecule has 2 aromatic heterocycles. The topological polar surface area (TPSA) is 51.3 Å². The summed E-state index contributed by atoms with van der Waals surface area (Å²) in [4.78, 5) is 14.8. The van der Waals surface area contributed by atoms with Crippen molar-refractivity contribution in [1.82, 2.24) is 14.7 Å². The number of para-hydroxylation sites is 1. The number of furan rings is 1. The summed E-state index contributed by atoms with van der Waals surface area (Å²) < 4.78 is 8.16. The van der Waals surface area contributed by atoms with Gasteiger partial charge in [-0.25, -0.2) is 4.68 Å². The number of aryl methyl sites for hydroxylation is 1. The molecular formula is C20H17N3O2S2. The van der Waals surface area contributed by atoms with Crippen molar-refractivity contribution >= 4 is 40.3 Å². The minimum Gasteiger partial charge on any atom is -0.460 e. The fourth-order valence-electron chi connectivity index (χ4n) is 2.87. The molecule has 0 aliphatic carbocycles. The van der Waals surface area contributed by atoms with Gasteiger partial charge in [-0.1, -0.05) is 42.2 Å². The normalized spacial score (nSPS) is 15.9. The number of rotatable bonds is 4. The Bertz CT molecular complexity index is 1050. The smallest absolute Gasteiger partial charge is 0.266 e. The van der Waals surface area contributed by atoms with Crippen LogP contribution in [0.4, 0.5) is 0 Å². The van der Waals surface area contributed by atoms with Crippen LogP contribution in [0.2, 0.25) is 0 Å². The first-order chi connectivity index (χ1) is 13.1. The molecule has 0 radical (unpaired) electrons. The van der Waals surface area contributed by atoms with E-state index in [2.05, 4.69) is 0 Å². The van der Waals surface area contributed by atoms with E-state index in [0.29, 0.717) is 27.2 Å². The van der Waals surface area contributed by atoms with Gasteiger partial charge in [0.2, 0.25) is 0 Å². The molecule has 0 bridgehead atoms. The second-order valence-corrected chi connectivity index (χ2v) is 7.73. The molecular weight excluding hydrogens is 378 g/mol. The van der Waals surface area contributed by atoms with E-state index in [9.17, 15) is 4.79 Å². The van der Waals surface area contributed by atoms with E-state index in [0.717, 1.165) is 17.0 Å². The lowest BCUT2D eigenvalue weighted by molar-refractivity contribution is -0.121. The van der Waals surface area contributed by atoms with Gasteiger partial charge in [-0.15, -0.1) is 0 Å². The summed E-state index contributed by atoms with van der Waals surface area (Å²) in [7, 11) is 0. The van der Waals surface area contributed by atoms with Gasteiger partial charge in [-0.2, -0.15) is 5.10 Å². The van der Waals surface area contributed by atoms with Crippen LogP contribution in [0.5, 0.6) is 0 Å². The number of nitrogens with zero attached hydrogens (tertiary/aromatic N) is 3. The fraction of sp³-hybridized carbons (Fsp3) is 0.150. The maximum Gasteiger partial charge on any atom is 0.266 e. The molecule has 1 saturated heterocycles. The Balaban J connectivity index is 1.82. The minimum absolute atomic E-state index is 0.0680. The van der Waals surface area contributed by atoms with Crippen LogP contribution in [-0.2, 0) is 4.79 Å². The van der Waals surface area contributed by atoms with Crippen LogP contribution < -0.4 is 0 Å². The second kappa shape index (κ2) is 7.17. The van der Waals surface area contributed by atoms with Gasteiger partial charge in [0, 0.05) is 18.3 Å². The van der Waals surface area contributed by atoms with Gasteiger partial charge < -0.3 is 4.42 Å². The molecule has 1 aliphatic heterocycles. The predicted molar refractivity (Wildman–Crippen MR) is 112 cm³/mol. The maximum atomic E-state index is 12.6. The van der Waals surface area contributed by atoms with Crippen molar-refractivity contribution in [3.8, 4) is 17.1 Å². The lowest BCUT2D eigenvalue weighted by Gasteiger charge is -2.09. The molecule has 0 spiro atoms. The SMILES string of the molecule is CCN1C(=O)/C(=C\c2cn(-c3ccccc3)nc2-c2ccc(C)o2)SC1=S. The van der Waals surface area contributed by atoms with Gasteiger partial charge in [0.05, 0.1) is 10.6 Å². The number of carbonyl (C=O) groups excluding carboxylic acids is 1. The van der Waals surface area contributed by atoms with Crippen molar-refractivity contribution in [3.63, 3.8) is 0 Å². The standard InChI is InChI=1S/C20H17N3O2S2/c1-3-22-19(24)17(27-20(22)26)11-14-12-23(15-7-5-4-6-8-15)21-18(14)16-10-9-13(2)25-16/h4-12H,3H2,1-2H3/b17-11+. The first-order valence-corrected chi connectivity index (χ1v) is 9.76. The number of thioether (sulfide) groups is 1. The maximum absolute atomic E-state index is 12.6. The van der Waals surface area contributed by atoms with E-state index in [1.54, 1.807) is 9.58 Å². The van der Waals surface area contributed by atoms with E-state index >= 15 is 0 Å². The number of carbonyl (C=O) groups is 1. The molecule has 1 fully saturated rings. The van der Waals surface area contributed by atoms with E-state index < -0.39 is 0 Å². The van der Waals surface area contributed by atoms with Crippen LogP contribution in [0.25, 0.3) is 23.2 Å². The predicted octanol–water partition coefficient (Wildman–Crippen LogP) is 4.66. The molecule has 1 amide bonds. The van der Waals surface area contributed by atoms with Gasteiger partial charge in [0.1, 0.15) is 15.8 Å². The molecule has 3 aromatic rings. The average molecular weight is 396 g/mol. The third-order valence-electron chi connectivity index (χ3n) is 4.21. The number of hydrogen-bond donors (Lipinski definition) is 0. The van der Waals surface area contributed by atoms with Gasteiger partial charge in [-0.05, 0) is 44.2 Å². The van der Waals surface area contributed by atoms with Crippen LogP contribution in [0, 0.1) is 6.92 Å². The molecule has 0 unspecified atom stereocenters. The summed E-state index contributed by atoms with van der Waals surface area (Å²) >= 11 is 6.63. The van der Waals surface area contributed by atoms with Crippen molar-refractivity contribution in [1.29, 1.82) is 0 Å². The van der Waals surface area contributed by atoms with Crippen LogP contribution in [0.15, 0.2) is 58.0 Å². The Morgan fingerprint density at radius 2 is 2.00 bits per heavy atom. The Kier molecular flexibility index (Phi) is 4.72. The van der Waals surface area contributed by atoms with Crippen molar-refractivity contribution < 1.29 is 9.21 Å². The summed E-state index contributed by atoms with van der Waals surface area (Å²) in [6.07, 6.45) is 3.75. The lowest BCUT2D eigenvalue weighted by Crippen LogP contribution is -2.27. The third kappa shape index (κ3) is 3.36. The zero-order chi connectivity index (χ0) is 19.0. The Morgan fingerprint density at radius 1 is 1.22 bits per heavy atom. The van der Waals surface area contributed by atoms with Gasteiger partial charge in [0.15, 0.2) is 5.76 Å². The second-order valence-electron chi connectivity index (χ2n) is 6.05. The molecule has 136 valence electrons. The molecule has 3 heterocycles. The van der Waals surface area contributed by atoms with Crippen LogP contribution in [0.3, 0.4) is 0 Å². The summed E-state index contributed by atoms with van der Waals surface area (Å²) in [5.41, 5.74) is 2.43. The van der Waals surface area contributed by atoms with Gasteiger partial charge in [-0.3, -0.25) is 9.69 Å². The number of likely N-dealkylation sites (N-methyl/N-ethyl adjacent to an activating group) is 1. The van der Waals surface area contributed by atoms with Gasteiger partial charge >= 0.3 is 0 Å². The number of benzene rings is 1. The Hall–Kier alpha value is -2.64. The molecule has 0 N–H and O–H groups in total. The minimum atomic E-state index is -0.0680. The quantitative estimate of drug-likeness (QED) is 0.475. The van der Waals surface area contributed by atoms with Crippen molar-refractivity contribution in [2.24, 2.45) is 0 Å². The summed E-state index contributed by atoms with van der Waals surface area (Å²) in [5, 5.41) is 4.70. The van der Waals surface area contributed by atoms with E-state index in [4.69, 9.17) is 21.7 Å². The highest BCUT2D eigenvalue weighted by atomic mass is 32.2. The molecule has 7 heteroatoms. The lowest BCUT2D eigenvalue weighted by atomic mass is 10.2. The number of thiocarbonyl (C=S) groups is 1. The summed E-state index contributed by atoms with van der Waals surface area (Å²) in [6, 6.07) is 13.6. The summed E-state index contributed by atoms with van der Waals surface area (Å²) in [6.45, 7) is 4.37. The zero-order valence-corrected chi connectivity index (χ0v) is 16.5. The number of amides is 1. The number of hydrogen-bond acceptors (Lipinski definition) is 5. The third-order valence-corrected chi connectivity index (χ3v) is 5.59. The molecule has 1 aliphatic rings. The van der Waals surface area contributed by atoms with Gasteiger partial charge in [0.25, 0.3) is 5.91 Å². The molecule has 1 aromatic carbocycles. The molecule has 4 rings (SSSR count). The Morgan fingerprint density at radius 3 is 2.63 bits per heavy atom. The molecule has 5 nitrogen and oxygen atoms in total. The monoisotopic (exact) mass is 395 g/mol. The first-order valence-electron chi connectivity index (χ1n) is 8.54. The van der Waals surface area contributed by atoms with Crippen LogP contribution >= 0.6 is 24.0 Å². The molecule has 0 atom stereocenters. The van der Waals surface area contributed by atoms with Crippen molar-refractivity contribution in [2.45, 2.75) is 13.8 Å². The van der Waals surface area contributed by atoms with Crippen molar-refractivity contribution in [2.75, 3.05) is 6.54 Å². The van der Waals surface area contributed by atoms with E-state index in [-0.39, 0.29) is 5.91 Å². The molecule has 27 heavy (non-hydrogen) atoms. The first kappa shape index (κ1) is 17.8. The molecule has 0 saturated carbocycles. The number of aromatic nitrogens is 2. The Labute approximate surface area is 166 Å². The average Bonchev–Trinajstić information content (AvgIpc) is 3.34. The summed E-state index contributed by atoms with van der Waals surface area (Å²) in [5.74, 6) is 1.41. The zero-order valence-electron chi connectivity index (χ0n) is 14.9. The highest BCUT2D eigenvalue weighted by Gasteiger charge is 2.31. The highest BCUT2D eigenvalue weighted by molar-refractivity contribution is 8.26. The fourth-order valence-corrected chi connectivity index (χ4v) is 4.25. The van der Waals surface area contributed by atoms with Crippen molar-refractivity contribution in [3.05, 3.63) is 64.9 Å². The van der Waals surface area contributed by atoms with Crippen LogP contribution in [0.1, 0.15) is 18.2 Å². The van der Waals surface area contributed by atoms with E-state index in [1.807, 2.05) is 68.6 Å². The van der Waals surface area contributed by atoms with Crippen LogP contribution in [-0.4, -0.2) is 31.5 Å². The van der Waals surface area contributed by atoms with E-state index in [1.165, 1.54) is 11.8 Å². The largest absolute Gasteiger partial charge is 0.460 e.